The molecule has 2 nitrogen and oxygen atoms in total. The predicted molar refractivity (Wildman–Crippen MR) is 66.3 cm³/mol. The Kier molecular flexibility index (Phi) is 5.06. The topological polar surface area (TPSA) is 46.2 Å². The average molecular weight is 248 g/mol. The van der Waals surface area contributed by atoms with E-state index < -0.39 is 6.10 Å². The van der Waals surface area contributed by atoms with Crippen molar-refractivity contribution in [2.24, 2.45) is 17.6 Å². The number of thiophene rings is 1. The molecule has 86 valence electrons. The van der Waals surface area contributed by atoms with Gasteiger partial charge in [0.1, 0.15) is 0 Å². The van der Waals surface area contributed by atoms with Crippen LogP contribution in [0.15, 0.2) is 12.1 Å². The lowest BCUT2D eigenvalue weighted by atomic mass is 9.91. The summed E-state index contributed by atoms with van der Waals surface area (Å²) in [6, 6.07) is 3.69. The van der Waals surface area contributed by atoms with Crippen molar-refractivity contribution in [3.05, 3.63) is 21.3 Å². The molecule has 0 spiro atoms. The third kappa shape index (κ3) is 3.76. The molecule has 1 aromatic rings. The van der Waals surface area contributed by atoms with Gasteiger partial charge in [-0.2, -0.15) is 0 Å². The minimum Gasteiger partial charge on any atom is -0.387 e. The summed E-state index contributed by atoms with van der Waals surface area (Å²) in [5, 5.41) is 10.1. The number of aliphatic hydroxyl groups excluding tert-OH is 1. The van der Waals surface area contributed by atoms with Crippen molar-refractivity contribution in [1.29, 1.82) is 0 Å². The molecule has 0 aliphatic carbocycles. The van der Waals surface area contributed by atoms with Crippen molar-refractivity contribution in [3.63, 3.8) is 0 Å². The summed E-state index contributed by atoms with van der Waals surface area (Å²) < 4.78 is 0.712. The molecule has 1 rings (SSSR count). The Bertz CT molecular complexity index is 301. The molecule has 0 aromatic carbocycles. The van der Waals surface area contributed by atoms with E-state index in [1.807, 2.05) is 12.1 Å². The average Bonchev–Trinajstić information content (AvgIpc) is 2.60. The fourth-order valence-electron chi connectivity index (χ4n) is 1.68. The lowest BCUT2D eigenvalue weighted by Crippen LogP contribution is -2.23. The molecule has 3 N–H and O–H groups in total. The van der Waals surface area contributed by atoms with Crippen LogP contribution >= 0.6 is 22.9 Å². The van der Waals surface area contributed by atoms with E-state index >= 15 is 0 Å². The van der Waals surface area contributed by atoms with Gasteiger partial charge in [-0.15, -0.1) is 11.3 Å². The Morgan fingerprint density at radius 1 is 1.47 bits per heavy atom. The molecule has 4 heteroatoms. The lowest BCUT2D eigenvalue weighted by Gasteiger charge is -2.22. The molecule has 0 saturated carbocycles. The number of halogens is 1. The van der Waals surface area contributed by atoms with Gasteiger partial charge < -0.3 is 10.8 Å². The van der Waals surface area contributed by atoms with Crippen molar-refractivity contribution in [2.75, 3.05) is 6.54 Å². The van der Waals surface area contributed by atoms with Crippen LogP contribution in [0.3, 0.4) is 0 Å². The van der Waals surface area contributed by atoms with E-state index in [4.69, 9.17) is 17.3 Å². The van der Waals surface area contributed by atoms with Crippen molar-refractivity contribution in [3.8, 4) is 0 Å². The van der Waals surface area contributed by atoms with Crippen LogP contribution < -0.4 is 5.73 Å². The molecule has 1 aromatic heterocycles. The molecule has 2 unspecified atom stereocenters. The van der Waals surface area contributed by atoms with Gasteiger partial charge in [-0.05, 0) is 31.0 Å². The van der Waals surface area contributed by atoms with E-state index in [2.05, 4.69) is 13.8 Å². The predicted octanol–water partition coefficient (Wildman–Crippen LogP) is 3.06. The summed E-state index contributed by atoms with van der Waals surface area (Å²) in [4.78, 5) is 0.913. The number of rotatable bonds is 5. The molecule has 2 atom stereocenters. The summed E-state index contributed by atoms with van der Waals surface area (Å²) in [6.07, 6.45) is 0.461. The third-order valence-electron chi connectivity index (χ3n) is 2.41. The molecule has 0 aliphatic rings. The van der Waals surface area contributed by atoms with Crippen molar-refractivity contribution < 1.29 is 5.11 Å². The maximum Gasteiger partial charge on any atom is 0.0932 e. The standard InChI is InChI=1S/C11H18ClNOS/c1-7(2)5-8(6-13)11(14)9-3-4-10(12)15-9/h3-4,7-8,11,14H,5-6,13H2,1-2H3. The maximum absolute atomic E-state index is 10.1. The summed E-state index contributed by atoms with van der Waals surface area (Å²) in [5.41, 5.74) is 5.68. The molecule has 15 heavy (non-hydrogen) atoms. The van der Waals surface area contributed by atoms with Gasteiger partial charge in [-0.1, -0.05) is 25.4 Å². The SMILES string of the molecule is CC(C)CC(CN)C(O)c1ccc(Cl)s1. The monoisotopic (exact) mass is 247 g/mol. The first-order valence-corrected chi connectivity index (χ1v) is 6.37. The van der Waals surface area contributed by atoms with Gasteiger partial charge in [0.2, 0.25) is 0 Å². The van der Waals surface area contributed by atoms with Gasteiger partial charge in [0.25, 0.3) is 0 Å². The zero-order valence-electron chi connectivity index (χ0n) is 9.11. The molecule has 1 heterocycles. The van der Waals surface area contributed by atoms with E-state index in [1.165, 1.54) is 11.3 Å². The fraction of sp³-hybridized carbons (Fsp3) is 0.636. The van der Waals surface area contributed by atoms with Crippen molar-refractivity contribution >= 4 is 22.9 Å². The third-order valence-corrected chi connectivity index (χ3v) is 3.71. The number of hydrogen-bond donors (Lipinski definition) is 2. The Labute approximate surface area is 100 Å². The van der Waals surface area contributed by atoms with Gasteiger partial charge in [0.15, 0.2) is 0 Å². The minimum absolute atomic E-state index is 0.125. The molecular formula is C11H18ClNOS. The molecule has 0 aliphatic heterocycles. The normalized spacial score (nSPS) is 15.6. The van der Waals surface area contributed by atoms with Crippen LogP contribution in [0.25, 0.3) is 0 Å². The smallest absolute Gasteiger partial charge is 0.0932 e. The van der Waals surface area contributed by atoms with E-state index in [9.17, 15) is 5.11 Å². The van der Waals surface area contributed by atoms with E-state index in [0.29, 0.717) is 16.8 Å². The summed E-state index contributed by atoms with van der Waals surface area (Å²) in [6.45, 7) is 4.78. The highest BCUT2D eigenvalue weighted by atomic mass is 35.5. The Hall–Kier alpha value is -0.0900. The van der Waals surface area contributed by atoms with Crippen molar-refractivity contribution in [2.45, 2.75) is 26.4 Å². The van der Waals surface area contributed by atoms with Crippen LogP contribution in [-0.2, 0) is 0 Å². The molecule has 0 amide bonds. The van der Waals surface area contributed by atoms with Gasteiger partial charge in [0.05, 0.1) is 10.4 Å². The summed E-state index contributed by atoms with van der Waals surface area (Å²) in [5.74, 6) is 0.670. The summed E-state index contributed by atoms with van der Waals surface area (Å²) >= 11 is 7.26. The Morgan fingerprint density at radius 3 is 2.53 bits per heavy atom. The largest absolute Gasteiger partial charge is 0.387 e. The molecule has 0 radical (unpaired) electrons. The van der Waals surface area contributed by atoms with E-state index in [-0.39, 0.29) is 5.92 Å². The number of nitrogens with two attached hydrogens (primary N) is 1. The Morgan fingerprint density at radius 2 is 2.13 bits per heavy atom. The van der Waals surface area contributed by atoms with Gasteiger partial charge in [0, 0.05) is 10.8 Å². The van der Waals surface area contributed by atoms with Crippen LogP contribution in [-0.4, -0.2) is 11.7 Å². The Balaban J connectivity index is 2.68. The van der Waals surface area contributed by atoms with E-state index in [1.54, 1.807) is 0 Å². The zero-order chi connectivity index (χ0) is 11.4. The minimum atomic E-state index is -0.477. The second-order valence-electron chi connectivity index (χ2n) is 4.21. The molecule has 0 bridgehead atoms. The first-order chi connectivity index (χ1) is 7.04. The van der Waals surface area contributed by atoms with Crippen LogP contribution in [0.4, 0.5) is 0 Å². The quantitative estimate of drug-likeness (QED) is 0.840. The highest BCUT2D eigenvalue weighted by Gasteiger charge is 2.21. The second-order valence-corrected chi connectivity index (χ2v) is 5.96. The van der Waals surface area contributed by atoms with Gasteiger partial charge >= 0.3 is 0 Å². The fourth-order valence-corrected chi connectivity index (χ4v) is 2.82. The second kappa shape index (κ2) is 5.85. The first kappa shape index (κ1) is 13.0. The van der Waals surface area contributed by atoms with E-state index in [0.717, 1.165) is 11.3 Å². The van der Waals surface area contributed by atoms with Crippen LogP contribution in [0.2, 0.25) is 4.34 Å². The van der Waals surface area contributed by atoms with Gasteiger partial charge in [-0.3, -0.25) is 0 Å². The van der Waals surface area contributed by atoms with Gasteiger partial charge in [-0.25, -0.2) is 0 Å². The van der Waals surface area contributed by atoms with Crippen LogP contribution in [0.5, 0.6) is 0 Å². The zero-order valence-corrected chi connectivity index (χ0v) is 10.7. The maximum atomic E-state index is 10.1. The molecular weight excluding hydrogens is 230 g/mol. The van der Waals surface area contributed by atoms with Crippen LogP contribution in [0, 0.1) is 11.8 Å². The highest BCUT2D eigenvalue weighted by Crippen LogP contribution is 2.33. The van der Waals surface area contributed by atoms with Crippen molar-refractivity contribution in [1.82, 2.24) is 0 Å². The first-order valence-electron chi connectivity index (χ1n) is 5.18. The molecule has 0 fully saturated rings. The number of hydrogen-bond acceptors (Lipinski definition) is 3. The number of aliphatic hydroxyl groups is 1. The lowest BCUT2D eigenvalue weighted by molar-refractivity contribution is 0.103. The van der Waals surface area contributed by atoms with Crippen LogP contribution in [0.1, 0.15) is 31.2 Å². The molecule has 0 saturated heterocycles. The summed E-state index contributed by atoms with van der Waals surface area (Å²) in [7, 11) is 0. The highest BCUT2D eigenvalue weighted by molar-refractivity contribution is 7.16.